The quantitative estimate of drug-likeness (QED) is 0.711. The van der Waals surface area contributed by atoms with Crippen molar-refractivity contribution in [3.8, 4) is 17.2 Å². The first-order chi connectivity index (χ1) is 11.5. The van der Waals surface area contributed by atoms with Gasteiger partial charge in [0.1, 0.15) is 12.4 Å². The van der Waals surface area contributed by atoms with E-state index in [1.807, 2.05) is 0 Å². The molecule has 0 spiro atoms. The molecule has 9 heteroatoms. The van der Waals surface area contributed by atoms with Gasteiger partial charge in [0.15, 0.2) is 23.6 Å². The second kappa shape index (κ2) is 6.65. The van der Waals surface area contributed by atoms with Gasteiger partial charge in [-0.3, -0.25) is 0 Å². The van der Waals surface area contributed by atoms with Gasteiger partial charge in [0.2, 0.25) is 0 Å². The van der Waals surface area contributed by atoms with Crippen LogP contribution in [0, 0.1) is 11.6 Å². The van der Waals surface area contributed by atoms with Crippen molar-refractivity contribution < 1.29 is 22.3 Å². The Hall–Kier alpha value is -2.97. The third-order valence-electron chi connectivity index (χ3n) is 2.99. The molecule has 1 atom stereocenters. The van der Waals surface area contributed by atoms with E-state index in [1.54, 1.807) is 0 Å². The first-order valence-corrected chi connectivity index (χ1v) is 6.89. The molecule has 0 saturated carbocycles. The molecule has 0 amide bonds. The molecule has 0 aliphatic heterocycles. The number of benzene rings is 1. The fourth-order valence-corrected chi connectivity index (χ4v) is 1.77. The Bertz CT molecular complexity index is 837. The van der Waals surface area contributed by atoms with Crippen molar-refractivity contribution in [1.82, 2.24) is 20.2 Å². The molecule has 0 bridgehead atoms. The fourth-order valence-electron chi connectivity index (χ4n) is 1.77. The number of aromatic nitrogens is 4. The summed E-state index contributed by atoms with van der Waals surface area (Å²) >= 11 is 0. The van der Waals surface area contributed by atoms with Gasteiger partial charge in [0.05, 0.1) is 5.56 Å². The van der Waals surface area contributed by atoms with Crippen molar-refractivity contribution in [3.05, 3.63) is 53.9 Å². The molecule has 1 unspecified atom stereocenters. The standard InChI is InChI=1S/C15H11F3N4O2/c1-8(16)14-21-22-15(24-14)9-5-19-13(20-6-9)7-23-10-2-3-11(17)12(18)4-10/h2-6,8H,7H2,1H3. The highest BCUT2D eigenvalue weighted by molar-refractivity contribution is 5.48. The zero-order chi connectivity index (χ0) is 17.1. The fraction of sp³-hybridized carbons (Fsp3) is 0.200. The summed E-state index contributed by atoms with van der Waals surface area (Å²) in [7, 11) is 0. The van der Waals surface area contributed by atoms with E-state index in [-0.39, 0.29) is 24.1 Å². The van der Waals surface area contributed by atoms with E-state index < -0.39 is 17.8 Å². The Balaban J connectivity index is 1.66. The third-order valence-corrected chi connectivity index (χ3v) is 2.99. The summed E-state index contributed by atoms with van der Waals surface area (Å²) < 4.78 is 49.4. The van der Waals surface area contributed by atoms with E-state index >= 15 is 0 Å². The van der Waals surface area contributed by atoms with Crippen molar-refractivity contribution in [2.24, 2.45) is 0 Å². The Labute approximate surface area is 134 Å². The highest BCUT2D eigenvalue weighted by Gasteiger charge is 2.14. The predicted molar refractivity (Wildman–Crippen MR) is 75.5 cm³/mol. The van der Waals surface area contributed by atoms with Gasteiger partial charge in [-0.15, -0.1) is 10.2 Å². The second-order valence-electron chi connectivity index (χ2n) is 4.81. The minimum Gasteiger partial charge on any atom is -0.486 e. The Morgan fingerprint density at radius 3 is 2.50 bits per heavy atom. The van der Waals surface area contributed by atoms with Gasteiger partial charge >= 0.3 is 0 Å². The molecule has 6 nitrogen and oxygen atoms in total. The van der Waals surface area contributed by atoms with E-state index in [2.05, 4.69) is 20.2 Å². The molecule has 2 heterocycles. The molecule has 3 aromatic rings. The molecule has 0 saturated heterocycles. The normalized spacial score (nSPS) is 12.2. The van der Waals surface area contributed by atoms with Crippen LogP contribution in [0.15, 0.2) is 35.0 Å². The maximum atomic E-state index is 13.1. The molecule has 0 fully saturated rings. The number of rotatable bonds is 5. The van der Waals surface area contributed by atoms with Crippen molar-refractivity contribution in [3.63, 3.8) is 0 Å². The second-order valence-corrected chi connectivity index (χ2v) is 4.81. The SMILES string of the molecule is CC(F)c1nnc(-c2cnc(COc3ccc(F)c(F)c3)nc2)o1. The molecule has 3 rings (SSSR count). The molecule has 2 aromatic heterocycles. The topological polar surface area (TPSA) is 73.9 Å². The van der Waals surface area contributed by atoms with Crippen LogP contribution in [0.2, 0.25) is 0 Å². The average Bonchev–Trinajstić information content (AvgIpc) is 3.07. The van der Waals surface area contributed by atoms with Gasteiger partial charge in [-0.1, -0.05) is 0 Å². The summed E-state index contributed by atoms with van der Waals surface area (Å²) in [6.45, 7) is 1.24. The van der Waals surface area contributed by atoms with Crippen LogP contribution >= 0.6 is 0 Å². The Morgan fingerprint density at radius 1 is 1.12 bits per heavy atom. The molecule has 24 heavy (non-hydrogen) atoms. The summed E-state index contributed by atoms with van der Waals surface area (Å²) in [5, 5.41) is 7.27. The highest BCUT2D eigenvalue weighted by atomic mass is 19.2. The summed E-state index contributed by atoms with van der Waals surface area (Å²) in [5.74, 6) is -1.53. The minimum atomic E-state index is -1.36. The van der Waals surface area contributed by atoms with Gasteiger partial charge in [0, 0.05) is 18.5 Å². The van der Waals surface area contributed by atoms with Crippen LogP contribution in [0.1, 0.15) is 24.8 Å². The van der Waals surface area contributed by atoms with Crippen LogP contribution in [0.5, 0.6) is 5.75 Å². The lowest BCUT2D eigenvalue weighted by atomic mass is 10.3. The summed E-state index contributed by atoms with van der Waals surface area (Å²) in [6, 6.07) is 3.19. The minimum absolute atomic E-state index is 0.0397. The molecule has 0 radical (unpaired) electrons. The maximum absolute atomic E-state index is 13.1. The van der Waals surface area contributed by atoms with Crippen molar-refractivity contribution in [2.45, 2.75) is 19.7 Å². The first kappa shape index (κ1) is 15.9. The van der Waals surface area contributed by atoms with Gasteiger partial charge in [-0.2, -0.15) is 0 Å². The third kappa shape index (κ3) is 3.50. The van der Waals surface area contributed by atoms with Gasteiger partial charge in [0.25, 0.3) is 11.8 Å². The van der Waals surface area contributed by atoms with E-state index in [9.17, 15) is 13.2 Å². The van der Waals surface area contributed by atoms with E-state index in [1.165, 1.54) is 25.4 Å². The van der Waals surface area contributed by atoms with Crippen LogP contribution in [0.25, 0.3) is 11.5 Å². The molecule has 124 valence electrons. The van der Waals surface area contributed by atoms with Gasteiger partial charge < -0.3 is 9.15 Å². The lowest BCUT2D eigenvalue weighted by molar-refractivity contribution is 0.293. The smallest absolute Gasteiger partial charge is 0.251 e. The molecular formula is C15H11F3N4O2. The molecule has 0 N–H and O–H groups in total. The van der Waals surface area contributed by atoms with Crippen molar-refractivity contribution >= 4 is 0 Å². The Kier molecular flexibility index (Phi) is 4.41. The number of hydrogen-bond donors (Lipinski definition) is 0. The Morgan fingerprint density at radius 2 is 1.88 bits per heavy atom. The summed E-state index contributed by atoms with van der Waals surface area (Å²) in [6.07, 6.45) is 1.46. The number of hydrogen-bond acceptors (Lipinski definition) is 6. The van der Waals surface area contributed by atoms with E-state index in [0.717, 1.165) is 12.1 Å². The zero-order valence-corrected chi connectivity index (χ0v) is 12.4. The maximum Gasteiger partial charge on any atom is 0.251 e. The lowest BCUT2D eigenvalue weighted by Crippen LogP contribution is -2.01. The van der Waals surface area contributed by atoms with Crippen LogP contribution in [0.3, 0.4) is 0 Å². The van der Waals surface area contributed by atoms with E-state index in [4.69, 9.17) is 9.15 Å². The lowest BCUT2D eigenvalue weighted by Gasteiger charge is -2.05. The van der Waals surface area contributed by atoms with Crippen LogP contribution < -0.4 is 4.74 Å². The van der Waals surface area contributed by atoms with Crippen LogP contribution in [-0.2, 0) is 6.61 Å². The summed E-state index contributed by atoms with van der Waals surface area (Å²) in [4.78, 5) is 8.08. The number of alkyl halides is 1. The molecule has 1 aromatic carbocycles. The highest BCUT2D eigenvalue weighted by Crippen LogP contribution is 2.21. The zero-order valence-electron chi connectivity index (χ0n) is 12.4. The van der Waals surface area contributed by atoms with E-state index in [0.29, 0.717) is 11.4 Å². The molecule has 0 aliphatic rings. The predicted octanol–water partition coefficient (Wildman–Crippen LogP) is 3.41. The van der Waals surface area contributed by atoms with Crippen molar-refractivity contribution in [2.75, 3.05) is 0 Å². The van der Waals surface area contributed by atoms with Crippen LogP contribution in [-0.4, -0.2) is 20.2 Å². The van der Waals surface area contributed by atoms with Crippen molar-refractivity contribution in [1.29, 1.82) is 0 Å². The van der Waals surface area contributed by atoms with Crippen LogP contribution in [0.4, 0.5) is 13.2 Å². The monoisotopic (exact) mass is 336 g/mol. The summed E-state index contributed by atoms with van der Waals surface area (Å²) in [5.41, 5.74) is 0.422. The van der Waals surface area contributed by atoms with Gasteiger partial charge in [-0.05, 0) is 19.1 Å². The molecular weight excluding hydrogens is 325 g/mol. The molecule has 0 aliphatic carbocycles. The first-order valence-electron chi connectivity index (χ1n) is 6.89. The average molecular weight is 336 g/mol. The number of ether oxygens (including phenoxy) is 1. The largest absolute Gasteiger partial charge is 0.486 e. The number of nitrogens with zero attached hydrogens (tertiary/aromatic N) is 4. The van der Waals surface area contributed by atoms with Gasteiger partial charge in [-0.25, -0.2) is 23.1 Å². The number of halogens is 3.